The average Bonchev–Trinajstić information content (AvgIpc) is 2.83. The van der Waals surface area contributed by atoms with E-state index in [1.165, 1.54) is 0 Å². The summed E-state index contributed by atoms with van der Waals surface area (Å²) in [6.45, 7) is -0.198. The lowest BCUT2D eigenvalue weighted by Gasteiger charge is -2.19. The zero-order valence-corrected chi connectivity index (χ0v) is 17.4. The van der Waals surface area contributed by atoms with Crippen LogP contribution in [0.3, 0.4) is 0 Å². The molecular weight excluding hydrogens is 408 g/mol. The number of aromatic nitrogens is 1. The normalized spacial score (nSPS) is 11.1. The van der Waals surface area contributed by atoms with E-state index in [1.807, 2.05) is 60.7 Å². The van der Waals surface area contributed by atoms with Gasteiger partial charge in [-0.05, 0) is 23.3 Å². The van der Waals surface area contributed by atoms with E-state index in [9.17, 15) is 14.4 Å². The van der Waals surface area contributed by atoms with E-state index in [0.29, 0.717) is 5.69 Å². The van der Waals surface area contributed by atoms with Crippen LogP contribution < -0.4 is 16.0 Å². The SMILES string of the molecule is O=C(NCC(=O)OCc1ccccc1)N[C@@H](Cc1ccccc1)C(=O)Nc1ccncc1. The van der Waals surface area contributed by atoms with Gasteiger partial charge in [-0.25, -0.2) is 4.79 Å². The molecule has 0 saturated carbocycles. The molecule has 1 atom stereocenters. The summed E-state index contributed by atoms with van der Waals surface area (Å²) in [4.78, 5) is 41.0. The second kappa shape index (κ2) is 11.8. The molecule has 2 aromatic carbocycles. The molecule has 0 fully saturated rings. The van der Waals surface area contributed by atoms with Crippen LogP contribution in [0.1, 0.15) is 11.1 Å². The molecule has 3 amide bonds. The standard InChI is InChI=1S/C24H24N4O4/c29-22(32-17-19-9-5-2-6-10-19)16-26-24(31)28-21(15-18-7-3-1-4-8-18)23(30)27-20-11-13-25-14-12-20/h1-14,21H,15-17H2,(H,25,27,30)(H2,26,28,31)/t21-/m0/s1. The molecular formula is C24H24N4O4. The number of nitrogens with zero attached hydrogens (tertiary/aromatic N) is 1. The lowest BCUT2D eigenvalue weighted by atomic mass is 10.1. The maximum atomic E-state index is 12.8. The minimum absolute atomic E-state index is 0.119. The molecule has 0 unspecified atom stereocenters. The summed E-state index contributed by atoms with van der Waals surface area (Å²) in [5.41, 5.74) is 2.29. The Labute approximate surface area is 186 Å². The van der Waals surface area contributed by atoms with Crippen LogP contribution in [0.15, 0.2) is 85.2 Å². The van der Waals surface area contributed by atoms with Gasteiger partial charge in [0.25, 0.3) is 0 Å². The van der Waals surface area contributed by atoms with E-state index < -0.39 is 18.0 Å². The van der Waals surface area contributed by atoms with Gasteiger partial charge in [-0.1, -0.05) is 60.7 Å². The molecule has 0 aliphatic rings. The number of amides is 3. The van der Waals surface area contributed by atoms with Gasteiger partial charge in [0.1, 0.15) is 19.2 Å². The van der Waals surface area contributed by atoms with Crippen LogP contribution in [0.25, 0.3) is 0 Å². The van der Waals surface area contributed by atoms with Crippen molar-refractivity contribution in [1.82, 2.24) is 15.6 Å². The summed E-state index contributed by atoms with van der Waals surface area (Å²) in [7, 11) is 0. The molecule has 1 aromatic heterocycles. The monoisotopic (exact) mass is 432 g/mol. The molecule has 3 N–H and O–H groups in total. The molecule has 8 heteroatoms. The van der Waals surface area contributed by atoms with Crippen LogP contribution in [0, 0.1) is 0 Å². The van der Waals surface area contributed by atoms with Crippen molar-refractivity contribution in [1.29, 1.82) is 0 Å². The highest BCUT2D eigenvalue weighted by atomic mass is 16.5. The zero-order valence-electron chi connectivity index (χ0n) is 17.4. The van der Waals surface area contributed by atoms with E-state index in [1.54, 1.807) is 24.5 Å². The van der Waals surface area contributed by atoms with Crippen molar-refractivity contribution in [2.24, 2.45) is 0 Å². The fourth-order valence-electron chi connectivity index (χ4n) is 2.87. The van der Waals surface area contributed by atoms with Crippen molar-refractivity contribution < 1.29 is 19.1 Å². The summed E-state index contributed by atoms with van der Waals surface area (Å²) in [5.74, 6) is -0.966. The van der Waals surface area contributed by atoms with Crippen LogP contribution in [-0.4, -0.2) is 35.5 Å². The molecule has 0 saturated heterocycles. The largest absolute Gasteiger partial charge is 0.460 e. The Morgan fingerprint density at radius 2 is 1.47 bits per heavy atom. The highest BCUT2D eigenvalue weighted by Gasteiger charge is 2.22. The summed E-state index contributed by atoms with van der Waals surface area (Å²) in [5, 5.41) is 7.83. The number of rotatable bonds is 9. The molecule has 32 heavy (non-hydrogen) atoms. The number of ether oxygens (including phenoxy) is 1. The Kier molecular flexibility index (Phi) is 8.33. The Hall–Kier alpha value is -4.20. The number of nitrogens with one attached hydrogen (secondary N) is 3. The van der Waals surface area contributed by atoms with Gasteiger partial charge in [0, 0.05) is 24.5 Å². The fourth-order valence-corrected chi connectivity index (χ4v) is 2.87. The molecule has 3 rings (SSSR count). The first-order chi connectivity index (χ1) is 15.6. The van der Waals surface area contributed by atoms with Crippen molar-refractivity contribution in [2.45, 2.75) is 19.1 Å². The van der Waals surface area contributed by atoms with Crippen molar-refractivity contribution in [2.75, 3.05) is 11.9 Å². The summed E-state index contributed by atoms with van der Waals surface area (Å²) in [6.07, 6.45) is 3.40. The quantitative estimate of drug-likeness (QED) is 0.451. The third kappa shape index (κ3) is 7.56. The number of carbonyl (C=O) groups is 3. The highest BCUT2D eigenvalue weighted by molar-refractivity contribution is 5.97. The average molecular weight is 432 g/mol. The Morgan fingerprint density at radius 3 is 2.12 bits per heavy atom. The summed E-state index contributed by atoms with van der Waals surface area (Å²) >= 11 is 0. The van der Waals surface area contributed by atoms with Crippen molar-refractivity contribution >= 4 is 23.6 Å². The second-order valence-electron chi connectivity index (χ2n) is 6.94. The molecule has 164 valence electrons. The Bertz CT molecular complexity index is 1010. The lowest BCUT2D eigenvalue weighted by Crippen LogP contribution is -2.50. The molecule has 0 aliphatic carbocycles. The molecule has 3 aromatic rings. The number of hydrogen-bond donors (Lipinski definition) is 3. The van der Waals surface area contributed by atoms with Gasteiger partial charge >= 0.3 is 12.0 Å². The Balaban J connectivity index is 1.53. The zero-order chi connectivity index (χ0) is 22.6. The first kappa shape index (κ1) is 22.5. The van der Waals surface area contributed by atoms with Crippen molar-refractivity contribution in [3.05, 3.63) is 96.3 Å². The van der Waals surface area contributed by atoms with E-state index in [-0.39, 0.29) is 25.5 Å². The minimum Gasteiger partial charge on any atom is -0.460 e. The van der Waals surface area contributed by atoms with E-state index in [0.717, 1.165) is 11.1 Å². The van der Waals surface area contributed by atoms with Crippen LogP contribution >= 0.6 is 0 Å². The predicted molar refractivity (Wildman–Crippen MR) is 120 cm³/mol. The minimum atomic E-state index is -0.856. The lowest BCUT2D eigenvalue weighted by molar-refractivity contribution is -0.143. The molecule has 0 spiro atoms. The van der Waals surface area contributed by atoms with E-state index >= 15 is 0 Å². The molecule has 1 heterocycles. The predicted octanol–water partition coefficient (Wildman–Crippen LogP) is 2.67. The van der Waals surface area contributed by atoms with Gasteiger partial charge in [0.05, 0.1) is 0 Å². The summed E-state index contributed by atoms with van der Waals surface area (Å²) in [6, 6.07) is 20.4. The van der Waals surface area contributed by atoms with Crippen LogP contribution in [0.4, 0.5) is 10.5 Å². The van der Waals surface area contributed by atoms with Crippen LogP contribution in [-0.2, 0) is 27.4 Å². The smallest absolute Gasteiger partial charge is 0.325 e. The first-order valence-corrected chi connectivity index (χ1v) is 10.1. The number of anilines is 1. The molecule has 0 bridgehead atoms. The first-order valence-electron chi connectivity index (χ1n) is 10.1. The number of benzene rings is 2. The summed E-state index contributed by atoms with van der Waals surface area (Å²) < 4.78 is 5.14. The molecule has 0 aliphatic heterocycles. The number of carbonyl (C=O) groups excluding carboxylic acids is 3. The number of pyridine rings is 1. The van der Waals surface area contributed by atoms with Crippen molar-refractivity contribution in [3.63, 3.8) is 0 Å². The third-order valence-corrected chi connectivity index (χ3v) is 4.49. The Morgan fingerprint density at radius 1 is 0.844 bits per heavy atom. The topological polar surface area (TPSA) is 109 Å². The van der Waals surface area contributed by atoms with E-state index in [4.69, 9.17) is 4.74 Å². The number of esters is 1. The van der Waals surface area contributed by atoms with E-state index in [2.05, 4.69) is 20.9 Å². The maximum absolute atomic E-state index is 12.8. The number of hydrogen-bond acceptors (Lipinski definition) is 5. The van der Waals surface area contributed by atoms with Crippen LogP contribution in [0.5, 0.6) is 0 Å². The molecule has 8 nitrogen and oxygen atoms in total. The number of urea groups is 1. The van der Waals surface area contributed by atoms with Crippen molar-refractivity contribution in [3.8, 4) is 0 Å². The van der Waals surface area contributed by atoms with Gasteiger partial charge in [0.2, 0.25) is 5.91 Å². The maximum Gasteiger partial charge on any atom is 0.325 e. The third-order valence-electron chi connectivity index (χ3n) is 4.49. The van der Waals surface area contributed by atoms with Gasteiger partial charge in [0.15, 0.2) is 0 Å². The molecule has 0 radical (unpaired) electrons. The van der Waals surface area contributed by atoms with Crippen LogP contribution in [0.2, 0.25) is 0 Å². The highest BCUT2D eigenvalue weighted by Crippen LogP contribution is 2.08. The second-order valence-corrected chi connectivity index (χ2v) is 6.94. The van der Waals surface area contributed by atoms with Gasteiger partial charge in [-0.15, -0.1) is 0 Å². The van der Waals surface area contributed by atoms with Gasteiger partial charge in [-0.2, -0.15) is 0 Å². The van der Waals surface area contributed by atoms with Gasteiger partial charge in [-0.3, -0.25) is 14.6 Å². The van der Waals surface area contributed by atoms with Gasteiger partial charge < -0.3 is 20.7 Å². The fraction of sp³-hybridized carbons (Fsp3) is 0.167.